The normalized spacial score (nSPS) is 33.2. The molecule has 2 saturated heterocycles. The molecule has 1 aromatic heterocycles. The molecule has 2 aromatic rings. The zero-order chi connectivity index (χ0) is 18.8. The molecule has 6 rings (SSSR count). The fourth-order valence-corrected chi connectivity index (χ4v) is 6.39. The third-order valence-corrected chi connectivity index (χ3v) is 7.41. The number of fused-ring (bicyclic) bond motifs is 1. The topological polar surface area (TPSA) is 56.3 Å². The van der Waals surface area contributed by atoms with Crippen LogP contribution in [0, 0.1) is 11.8 Å². The molecule has 0 spiro atoms. The van der Waals surface area contributed by atoms with E-state index in [0.29, 0.717) is 18.3 Å². The summed E-state index contributed by atoms with van der Waals surface area (Å²) in [5, 5.41) is 12.0. The van der Waals surface area contributed by atoms with E-state index >= 15 is 0 Å². The van der Waals surface area contributed by atoms with Crippen LogP contribution < -0.4 is 0 Å². The van der Waals surface area contributed by atoms with E-state index < -0.39 is 5.60 Å². The van der Waals surface area contributed by atoms with Gasteiger partial charge in [-0.15, -0.1) is 0 Å². The van der Waals surface area contributed by atoms with Gasteiger partial charge in [0.25, 0.3) is 0 Å². The van der Waals surface area contributed by atoms with E-state index in [9.17, 15) is 9.90 Å². The number of benzene rings is 1. The maximum Gasteiger partial charge on any atom is 0.223 e. The van der Waals surface area contributed by atoms with Gasteiger partial charge in [0.15, 0.2) is 0 Å². The summed E-state index contributed by atoms with van der Waals surface area (Å²) in [6.45, 7) is 4.43. The maximum atomic E-state index is 13.4. The van der Waals surface area contributed by atoms with Crippen LogP contribution in [0.25, 0.3) is 10.9 Å². The van der Waals surface area contributed by atoms with Crippen LogP contribution in [-0.4, -0.2) is 38.6 Å². The number of para-hydroxylation sites is 1. The van der Waals surface area contributed by atoms with Gasteiger partial charge in [0.2, 0.25) is 5.91 Å². The van der Waals surface area contributed by atoms with Crippen molar-refractivity contribution in [2.24, 2.45) is 11.8 Å². The standard InChI is InChI=1S/C23H30N2O2/c1-14(2)19(20-13-24-21-6-4-3-5-18(20)21)9-22(26)25-16-7-15-8-17(25)12-23(27,10-15)11-16/h3-6,13-17,19,24,27H,7-12H2,1-2H3. The molecule has 2 saturated carbocycles. The molecule has 0 radical (unpaired) electrons. The molecule has 2 aliphatic carbocycles. The van der Waals surface area contributed by atoms with Gasteiger partial charge in [-0.05, 0) is 61.5 Å². The average Bonchev–Trinajstić information content (AvgIpc) is 3.01. The quantitative estimate of drug-likeness (QED) is 0.852. The highest BCUT2D eigenvalue weighted by Crippen LogP contribution is 2.51. The molecule has 4 nitrogen and oxygen atoms in total. The van der Waals surface area contributed by atoms with Crippen molar-refractivity contribution in [1.82, 2.24) is 9.88 Å². The summed E-state index contributed by atoms with van der Waals surface area (Å²) in [4.78, 5) is 19.0. The molecule has 4 aliphatic rings. The minimum atomic E-state index is -0.498. The minimum absolute atomic E-state index is 0.217. The van der Waals surface area contributed by atoms with Gasteiger partial charge in [-0.2, -0.15) is 0 Å². The molecule has 1 amide bonds. The molecular weight excluding hydrogens is 336 g/mol. The third kappa shape index (κ3) is 2.80. The first-order chi connectivity index (χ1) is 12.9. The fourth-order valence-electron chi connectivity index (χ4n) is 6.39. The molecule has 2 N–H and O–H groups in total. The van der Waals surface area contributed by atoms with Crippen LogP contribution in [0.15, 0.2) is 30.5 Å². The maximum absolute atomic E-state index is 13.4. The van der Waals surface area contributed by atoms with Crippen molar-refractivity contribution in [3.05, 3.63) is 36.0 Å². The number of aromatic amines is 1. The number of amides is 1. The van der Waals surface area contributed by atoms with E-state index in [4.69, 9.17) is 0 Å². The van der Waals surface area contributed by atoms with Crippen LogP contribution in [0.4, 0.5) is 0 Å². The van der Waals surface area contributed by atoms with Gasteiger partial charge < -0.3 is 15.0 Å². The summed E-state index contributed by atoms with van der Waals surface area (Å²) < 4.78 is 0. The highest BCUT2D eigenvalue weighted by atomic mass is 16.3. The Kier molecular flexibility index (Phi) is 3.91. The number of nitrogens with zero attached hydrogens (tertiary/aromatic N) is 1. The highest BCUT2D eigenvalue weighted by molar-refractivity contribution is 5.85. The summed E-state index contributed by atoms with van der Waals surface area (Å²) in [5.74, 6) is 1.52. The van der Waals surface area contributed by atoms with Gasteiger partial charge in [0.1, 0.15) is 0 Å². The van der Waals surface area contributed by atoms with Crippen LogP contribution in [0.5, 0.6) is 0 Å². The summed E-state index contributed by atoms with van der Waals surface area (Å²) >= 11 is 0. The molecule has 3 unspecified atom stereocenters. The van der Waals surface area contributed by atoms with Crippen LogP contribution in [-0.2, 0) is 4.79 Å². The lowest BCUT2D eigenvalue weighted by atomic mass is 9.61. The van der Waals surface area contributed by atoms with Crippen molar-refractivity contribution < 1.29 is 9.90 Å². The molecule has 2 aliphatic heterocycles. The second kappa shape index (κ2) is 6.10. The van der Waals surface area contributed by atoms with Crippen LogP contribution in [0.3, 0.4) is 0 Å². The molecule has 144 valence electrons. The van der Waals surface area contributed by atoms with E-state index in [0.717, 1.165) is 37.6 Å². The van der Waals surface area contributed by atoms with E-state index in [1.807, 2.05) is 6.07 Å². The Bertz CT molecular complexity index is 854. The molecule has 3 heterocycles. The van der Waals surface area contributed by atoms with Crippen molar-refractivity contribution >= 4 is 16.8 Å². The predicted molar refractivity (Wildman–Crippen MR) is 106 cm³/mol. The predicted octanol–water partition coefficient (Wildman–Crippen LogP) is 4.20. The van der Waals surface area contributed by atoms with E-state index in [2.05, 4.69) is 48.1 Å². The van der Waals surface area contributed by atoms with E-state index in [-0.39, 0.29) is 23.9 Å². The molecule has 4 heteroatoms. The number of carbonyl (C=O) groups excluding carboxylic acids is 1. The molecular formula is C23H30N2O2. The van der Waals surface area contributed by atoms with Crippen molar-refractivity contribution in [2.45, 2.75) is 76.0 Å². The van der Waals surface area contributed by atoms with Crippen LogP contribution >= 0.6 is 0 Å². The largest absolute Gasteiger partial charge is 0.390 e. The first-order valence-corrected chi connectivity index (χ1v) is 10.5. The molecule has 4 fully saturated rings. The van der Waals surface area contributed by atoms with Gasteiger partial charge in [-0.1, -0.05) is 32.0 Å². The van der Waals surface area contributed by atoms with Crippen molar-refractivity contribution in [3.63, 3.8) is 0 Å². The smallest absolute Gasteiger partial charge is 0.223 e. The van der Waals surface area contributed by atoms with Gasteiger partial charge in [-0.25, -0.2) is 0 Å². The minimum Gasteiger partial charge on any atom is -0.390 e. The molecule has 4 bridgehead atoms. The Labute approximate surface area is 160 Å². The number of aliphatic hydroxyl groups is 1. The van der Waals surface area contributed by atoms with E-state index in [1.165, 1.54) is 10.9 Å². The van der Waals surface area contributed by atoms with Gasteiger partial charge in [0, 0.05) is 35.6 Å². The lowest BCUT2D eigenvalue weighted by Gasteiger charge is -2.59. The number of piperidine rings is 2. The first-order valence-electron chi connectivity index (χ1n) is 10.5. The zero-order valence-electron chi connectivity index (χ0n) is 16.3. The second-order valence-corrected chi connectivity index (χ2v) is 9.63. The Morgan fingerprint density at radius 1 is 1.22 bits per heavy atom. The fraction of sp³-hybridized carbons (Fsp3) is 0.609. The number of hydrogen-bond donors (Lipinski definition) is 2. The molecule has 27 heavy (non-hydrogen) atoms. The second-order valence-electron chi connectivity index (χ2n) is 9.63. The molecule has 3 atom stereocenters. The Hall–Kier alpha value is -1.81. The van der Waals surface area contributed by atoms with Crippen molar-refractivity contribution in [2.75, 3.05) is 0 Å². The first kappa shape index (κ1) is 17.3. The number of aromatic nitrogens is 1. The lowest BCUT2D eigenvalue weighted by molar-refractivity contribution is -0.175. The summed E-state index contributed by atoms with van der Waals surface area (Å²) in [6.07, 6.45) is 7.35. The van der Waals surface area contributed by atoms with Crippen LogP contribution in [0.1, 0.15) is 63.9 Å². The number of carbonyl (C=O) groups is 1. The highest BCUT2D eigenvalue weighted by Gasteiger charge is 2.55. The van der Waals surface area contributed by atoms with E-state index in [1.54, 1.807) is 0 Å². The summed E-state index contributed by atoms with van der Waals surface area (Å²) in [7, 11) is 0. The third-order valence-electron chi connectivity index (χ3n) is 7.41. The monoisotopic (exact) mass is 366 g/mol. The lowest BCUT2D eigenvalue weighted by Crippen LogP contribution is -2.65. The number of hydrogen-bond acceptors (Lipinski definition) is 2. The number of H-pyrrole nitrogens is 1. The van der Waals surface area contributed by atoms with Crippen molar-refractivity contribution in [3.8, 4) is 0 Å². The summed E-state index contributed by atoms with van der Waals surface area (Å²) in [6, 6.07) is 8.87. The summed E-state index contributed by atoms with van der Waals surface area (Å²) in [5.41, 5.74) is 1.90. The number of nitrogens with one attached hydrogen (secondary N) is 1. The Morgan fingerprint density at radius 2 is 1.93 bits per heavy atom. The van der Waals surface area contributed by atoms with Gasteiger partial charge in [-0.3, -0.25) is 4.79 Å². The van der Waals surface area contributed by atoms with Gasteiger partial charge in [0.05, 0.1) is 5.60 Å². The molecule has 1 aromatic carbocycles. The number of rotatable bonds is 4. The zero-order valence-corrected chi connectivity index (χ0v) is 16.3. The Morgan fingerprint density at radius 3 is 2.59 bits per heavy atom. The Balaban J connectivity index is 1.40. The SMILES string of the molecule is CC(C)C(CC(=O)N1C2CC3CC1CC(O)(C3)C2)c1c[nH]c2ccccc12. The van der Waals surface area contributed by atoms with Crippen molar-refractivity contribution in [1.29, 1.82) is 0 Å². The average molecular weight is 367 g/mol. The van der Waals surface area contributed by atoms with Crippen LogP contribution in [0.2, 0.25) is 0 Å². The van der Waals surface area contributed by atoms with Gasteiger partial charge >= 0.3 is 0 Å².